The molecule has 1 saturated heterocycles. The zero-order valence-electron chi connectivity index (χ0n) is 20.0. The highest BCUT2D eigenvalue weighted by molar-refractivity contribution is 5.93. The number of nitrogens with two attached hydrogens (primary N) is 1. The molecule has 174 valence electrons. The molecular weight excluding hydrogens is 414 g/mol. The van der Waals surface area contributed by atoms with E-state index in [1.54, 1.807) is 0 Å². The maximum Gasteiger partial charge on any atom is 0.220 e. The number of rotatable bonds is 4. The maximum atomic E-state index is 5.83. The van der Waals surface area contributed by atoms with Gasteiger partial charge in [-0.1, -0.05) is 19.8 Å². The summed E-state index contributed by atoms with van der Waals surface area (Å²) in [5, 5.41) is 9.19. The minimum atomic E-state index is 0.273. The van der Waals surface area contributed by atoms with Gasteiger partial charge in [0.05, 0.1) is 5.69 Å². The molecule has 1 fully saturated rings. The number of nitrogens with one attached hydrogen (secondary N) is 1. The van der Waals surface area contributed by atoms with E-state index in [0.29, 0.717) is 0 Å². The average molecular weight is 448 g/mol. The summed E-state index contributed by atoms with van der Waals surface area (Å²) in [6.07, 6.45) is 9.92. The Morgan fingerprint density at radius 3 is 2.39 bits per heavy atom. The number of pyridine rings is 1. The zero-order chi connectivity index (χ0) is 23.4. The lowest BCUT2D eigenvalue weighted by molar-refractivity contribution is 0.277. The number of aryl methyl sites for hydroxylation is 3. The van der Waals surface area contributed by atoms with Crippen molar-refractivity contribution < 1.29 is 0 Å². The Labute approximate surface area is 194 Å². The fourth-order valence-electron chi connectivity index (χ4n) is 4.27. The lowest BCUT2D eigenvalue weighted by Gasteiger charge is -2.20. The van der Waals surface area contributed by atoms with Crippen molar-refractivity contribution >= 4 is 17.0 Å². The van der Waals surface area contributed by atoms with E-state index in [-0.39, 0.29) is 5.95 Å². The number of hydrogen-bond acceptors (Lipinski definition) is 7. The largest absolute Gasteiger partial charge is 0.368 e. The molecule has 4 aromatic rings. The van der Waals surface area contributed by atoms with Crippen molar-refractivity contribution in [3.63, 3.8) is 0 Å². The zero-order valence-corrected chi connectivity index (χ0v) is 20.0. The Morgan fingerprint density at radius 2 is 1.76 bits per heavy atom. The molecule has 0 saturated carbocycles. The van der Waals surface area contributed by atoms with Gasteiger partial charge in [0.1, 0.15) is 23.1 Å². The van der Waals surface area contributed by atoms with Crippen molar-refractivity contribution in [1.82, 2.24) is 39.6 Å². The number of aromatic nitrogens is 7. The SMILES string of the molecule is CCCc1cnc(N)nc1-c1c[nH]c2nc(-n3c(C)nnc3C)ccc12.CN1CCCCC1. The molecule has 9 heteroatoms. The van der Waals surface area contributed by atoms with Crippen molar-refractivity contribution in [3.05, 3.63) is 41.7 Å². The molecule has 9 nitrogen and oxygen atoms in total. The first-order valence-electron chi connectivity index (χ1n) is 11.6. The van der Waals surface area contributed by atoms with Gasteiger partial charge in [0.15, 0.2) is 0 Å². The molecule has 0 unspecified atom stereocenters. The molecule has 1 aliphatic heterocycles. The lowest BCUT2D eigenvalue weighted by Crippen LogP contribution is -2.24. The molecule has 0 amide bonds. The van der Waals surface area contributed by atoms with Crippen LogP contribution in [0.25, 0.3) is 28.1 Å². The summed E-state index contributed by atoms with van der Waals surface area (Å²) in [6.45, 7) is 8.59. The number of hydrogen-bond donors (Lipinski definition) is 2. The third-order valence-corrected chi connectivity index (χ3v) is 5.98. The molecule has 0 radical (unpaired) electrons. The summed E-state index contributed by atoms with van der Waals surface area (Å²) >= 11 is 0. The Morgan fingerprint density at radius 1 is 1.03 bits per heavy atom. The molecule has 33 heavy (non-hydrogen) atoms. The Kier molecular flexibility index (Phi) is 6.98. The topological polar surface area (TPSA) is 114 Å². The summed E-state index contributed by atoms with van der Waals surface area (Å²) in [6, 6.07) is 4.00. The highest BCUT2D eigenvalue weighted by Crippen LogP contribution is 2.30. The minimum absolute atomic E-state index is 0.273. The fourth-order valence-corrected chi connectivity index (χ4v) is 4.27. The van der Waals surface area contributed by atoms with Gasteiger partial charge in [-0.15, -0.1) is 10.2 Å². The van der Waals surface area contributed by atoms with Gasteiger partial charge >= 0.3 is 0 Å². The Hall–Kier alpha value is -3.33. The Bertz CT molecular complexity index is 1200. The van der Waals surface area contributed by atoms with E-state index in [9.17, 15) is 0 Å². The second-order valence-electron chi connectivity index (χ2n) is 8.61. The van der Waals surface area contributed by atoms with Crippen LogP contribution in [0, 0.1) is 13.8 Å². The van der Waals surface area contributed by atoms with Gasteiger partial charge in [-0.25, -0.2) is 15.0 Å². The van der Waals surface area contributed by atoms with Gasteiger partial charge in [-0.05, 0) is 70.9 Å². The molecule has 0 spiro atoms. The number of aromatic amines is 1. The van der Waals surface area contributed by atoms with Crippen molar-refractivity contribution in [2.75, 3.05) is 25.9 Å². The summed E-state index contributed by atoms with van der Waals surface area (Å²) in [4.78, 5) is 19.0. The fraction of sp³-hybridized carbons (Fsp3) is 0.458. The van der Waals surface area contributed by atoms with E-state index < -0.39 is 0 Å². The van der Waals surface area contributed by atoms with Crippen LogP contribution in [0.15, 0.2) is 24.5 Å². The number of anilines is 1. The van der Waals surface area contributed by atoms with Crippen LogP contribution in [0.1, 0.15) is 49.8 Å². The second-order valence-corrected chi connectivity index (χ2v) is 8.61. The lowest BCUT2D eigenvalue weighted by atomic mass is 10.0. The Balaban J connectivity index is 0.000000318. The van der Waals surface area contributed by atoms with Crippen LogP contribution in [-0.4, -0.2) is 59.7 Å². The standard InChI is InChI=1S/C18H20N8.C6H13N/c1-4-5-12-8-21-18(19)23-16(12)14-9-20-17-13(14)6-7-15(22-17)26-10(2)24-25-11(26)3;1-7-5-3-2-4-6-7/h6-9H,4-5H2,1-3H3,(H,20,22)(H2,19,21,23);2-6H2,1H3. The van der Waals surface area contributed by atoms with Crippen LogP contribution < -0.4 is 5.73 Å². The molecule has 5 rings (SSSR count). The molecule has 0 aliphatic carbocycles. The summed E-state index contributed by atoms with van der Waals surface area (Å²) in [5.74, 6) is 2.65. The van der Waals surface area contributed by atoms with Gasteiger partial charge in [-0.3, -0.25) is 4.57 Å². The van der Waals surface area contributed by atoms with Crippen molar-refractivity contribution in [1.29, 1.82) is 0 Å². The summed E-state index contributed by atoms with van der Waals surface area (Å²) in [7, 11) is 2.19. The van der Waals surface area contributed by atoms with Gasteiger partial charge in [0.25, 0.3) is 0 Å². The third kappa shape index (κ3) is 5.03. The van der Waals surface area contributed by atoms with Gasteiger partial charge < -0.3 is 15.6 Å². The minimum Gasteiger partial charge on any atom is -0.368 e. The van der Waals surface area contributed by atoms with E-state index in [1.165, 1.54) is 32.4 Å². The van der Waals surface area contributed by atoms with Gasteiger partial charge in [-0.2, -0.15) is 0 Å². The average Bonchev–Trinajstić information content (AvgIpc) is 3.38. The van der Waals surface area contributed by atoms with Crippen LogP contribution in [0.2, 0.25) is 0 Å². The molecule has 0 atom stereocenters. The van der Waals surface area contributed by atoms with E-state index in [2.05, 4.69) is 44.0 Å². The van der Waals surface area contributed by atoms with Crippen LogP contribution in [0.3, 0.4) is 0 Å². The monoisotopic (exact) mass is 447 g/mol. The van der Waals surface area contributed by atoms with E-state index in [0.717, 1.165) is 58.2 Å². The van der Waals surface area contributed by atoms with Crippen molar-refractivity contribution in [2.45, 2.75) is 52.9 Å². The highest BCUT2D eigenvalue weighted by atomic mass is 15.3. The smallest absolute Gasteiger partial charge is 0.220 e. The number of likely N-dealkylation sites (tertiary alicyclic amines) is 1. The molecule has 1 aliphatic rings. The molecular formula is C24H33N9. The predicted octanol–water partition coefficient (Wildman–Crippen LogP) is 3.85. The number of fused-ring (bicyclic) bond motifs is 1. The van der Waals surface area contributed by atoms with Crippen molar-refractivity contribution in [2.24, 2.45) is 0 Å². The van der Waals surface area contributed by atoms with Crippen molar-refractivity contribution in [3.8, 4) is 17.1 Å². The van der Waals surface area contributed by atoms with Crippen LogP contribution in [0.5, 0.6) is 0 Å². The van der Waals surface area contributed by atoms with Gasteiger partial charge in [0, 0.05) is 23.3 Å². The summed E-state index contributed by atoms with van der Waals surface area (Å²) in [5.41, 5.74) is 9.53. The maximum absolute atomic E-state index is 5.83. The normalized spacial score (nSPS) is 14.3. The molecule has 3 N–H and O–H groups in total. The molecule has 4 aromatic heterocycles. The van der Waals surface area contributed by atoms with E-state index in [4.69, 9.17) is 10.7 Å². The first kappa shape index (κ1) is 22.8. The molecule has 0 bridgehead atoms. The van der Waals surface area contributed by atoms with Gasteiger partial charge in [0.2, 0.25) is 5.95 Å². The first-order valence-corrected chi connectivity index (χ1v) is 11.6. The quantitative estimate of drug-likeness (QED) is 0.488. The van der Waals surface area contributed by atoms with E-state index in [1.807, 2.05) is 42.9 Å². The number of H-pyrrole nitrogens is 1. The molecule has 0 aromatic carbocycles. The van der Waals surface area contributed by atoms with Crippen LogP contribution >= 0.6 is 0 Å². The predicted molar refractivity (Wildman–Crippen MR) is 131 cm³/mol. The second kappa shape index (κ2) is 10.1. The highest BCUT2D eigenvalue weighted by Gasteiger charge is 2.15. The number of piperidine rings is 1. The number of nitrogens with zero attached hydrogens (tertiary/aromatic N) is 7. The first-order chi connectivity index (χ1) is 16.0. The third-order valence-electron chi connectivity index (χ3n) is 5.98. The molecule has 5 heterocycles. The summed E-state index contributed by atoms with van der Waals surface area (Å²) < 4.78 is 1.92. The van der Waals surface area contributed by atoms with Crippen LogP contribution in [-0.2, 0) is 6.42 Å². The van der Waals surface area contributed by atoms with Crippen LogP contribution in [0.4, 0.5) is 5.95 Å². The van der Waals surface area contributed by atoms with E-state index >= 15 is 0 Å². The number of nitrogen functional groups attached to an aromatic ring is 1.